The molecule has 1 fully saturated rings. The fraction of sp³-hybridized carbons (Fsp3) is 0.304. The van der Waals surface area contributed by atoms with Gasteiger partial charge in [0.1, 0.15) is 79.9 Å². The number of hydrogen-bond donors (Lipinski definition) is 2. The second-order valence-electron chi connectivity index (χ2n) is 32.9. The average molecular weight is 2030 g/mol. The highest BCUT2D eigenvalue weighted by molar-refractivity contribution is 7.79. The molecule has 0 atom stereocenters. The summed E-state index contributed by atoms with van der Waals surface area (Å²) < 4.78 is 181. The Morgan fingerprint density at radius 1 is 0.269 bits per heavy atom. The molecule has 26 nitrogen and oxygen atoms in total. The maximum atomic E-state index is 14.1. The molecule has 12 aromatic carbocycles. The monoisotopic (exact) mass is 2030 g/mol. The summed E-state index contributed by atoms with van der Waals surface area (Å²) in [5.74, 6) is 1.46. The van der Waals surface area contributed by atoms with E-state index in [0.29, 0.717) is 80.4 Å². The first-order chi connectivity index (χ1) is 69.2. The molecule has 13 rings (SSSR count). The van der Waals surface area contributed by atoms with Crippen molar-refractivity contribution >= 4 is 49.6 Å². The van der Waals surface area contributed by atoms with Gasteiger partial charge in [-0.3, -0.25) is 0 Å². The number of rotatable bonds is 30. The van der Waals surface area contributed by atoms with Gasteiger partial charge in [-0.15, -0.1) is 0 Å². The van der Waals surface area contributed by atoms with Crippen molar-refractivity contribution in [3.63, 3.8) is 0 Å². The van der Waals surface area contributed by atoms with Crippen molar-refractivity contribution in [1.29, 1.82) is 0 Å². The van der Waals surface area contributed by atoms with E-state index in [2.05, 4.69) is 41.0 Å². The van der Waals surface area contributed by atoms with E-state index in [9.17, 15) is 60.2 Å². The lowest BCUT2D eigenvalue weighted by Gasteiger charge is -2.16. The Hall–Kier alpha value is -15.3. The smallest absolute Gasteiger partial charge is 0.493 e. The molecule has 0 amide bonds. The molecule has 0 spiro atoms. The van der Waals surface area contributed by atoms with Crippen LogP contribution in [0.25, 0.3) is 0 Å². The molecule has 145 heavy (non-hydrogen) atoms. The number of aliphatic hydroxyl groups is 1. The Balaban J connectivity index is 0.000000212. The van der Waals surface area contributed by atoms with Crippen LogP contribution >= 0.6 is 12.6 Å². The predicted molar refractivity (Wildman–Crippen MR) is 534 cm³/mol. The molecule has 12 aromatic rings. The molecular formula is C112H120F6O26S. The van der Waals surface area contributed by atoms with E-state index in [0.717, 1.165) is 114 Å². The van der Waals surface area contributed by atoms with Crippen molar-refractivity contribution in [3.8, 4) is 74.7 Å². The fourth-order valence-electron chi connectivity index (χ4n) is 13.8. The molecular weight excluding hydrogens is 1910 g/mol. The Labute approximate surface area is 845 Å². The van der Waals surface area contributed by atoms with Crippen LogP contribution in [0.3, 0.4) is 0 Å². The van der Waals surface area contributed by atoms with Gasteiger partial charge in [0.25, 0.3) is 0 Å². The molecule has 0 unspecified atom stereocenters. The molecule has 0 saturated heterocycles. The lowest BCUT2D eigenvalue weighted by Crippen LogP contribution is -2.11. The van der Waals surface area contributed by atoms with Crippen LogP contribution in [0, 0.1) is 125 Å². The number of carbonyl (C=O) groups excluding carboxylic acids is 6. The minimum atomic E-state index is -0.885. The van der Waals surface area contributed by atoms with Crippen LogP contribution in [0.1, 0.15) is 161 Å². The van der Waals surface area contributed by atoms with Crippen molar-refractivity contribution in [3.05, 3.63) is 345 Å². The Bertz CT molecular complexity index is 6200. The second kappa shape index (κ2) is 56.6. The van der Waals surface area contributed by atoms with Crippen molar-refractivity contribution in [2.24, 2.45) is 0 Å². The van der Waals surface area contributed by atoms with E-state index in [4.69, 9.17) is 61.6 Å². The molecule has 0 radical (unpaired) electrons. The molecule has 1 aliphatic carbocycles. The summed E-state index contributed by atoms with van der Waals surface area (Å²) in [6.45, 7) is 28.4. The van der Waals surface area contributed by atoms with Gasteiger partial charge in [0.2, 0.25) is 0 Å². The molecule has 1 saturated carbocycles. The molecule has 1 aliphatic rings. The Morgan fingerprint density at radius 2 is 0.497 bits per heavy atom. The van der Waals surface area contributed by atoms with Gasteiger partial charge in [-0.1, -0.05) is 73.7 Å². The SMILES string of the molecule is CCOc1cccc(OC(=O)OC)c1COc1cc(C)c(C)cc1F.CCc1cccc(OC(=O)OC)c1COc1cc(C)c(C)cc1F.COC(=O)Oc1cccc(C)c1COc1cc(C)c(C)cc1F.COC(=O)Oc1cccc(C2CC2)c1COc1cc(C)c(C)cc1F.COC(=O)Oc1cccc(CO)c1COc1cc(C)c(C)cc1F.COC(=O)Oc1cccc(CS)c1COc1cc(C)c(C)cc1F. The van der Waals surface area contributed by atoms with Crippen LogP contribution in [0.15, 0.2) is 182 Å². The fourth-order valence-corrected chi connectivity index (χ4v) is 14.1. The number of thiol groups is 1. The minimum Gasteiger partial charge on any atom is -0.493 e. The van der Waals surface area contributed by atoms with Crippen molar-refractivity contribution < 1.29 is 150 Å². The van der Waals surface area contributed by atoms with E-state index in [1.54, 1.807) is 115 Å². The molecule has 0 bridgehead atoms. The van der Waals surface area contributed by atoms with Crippen molar-refractivity contribution in [2.75, 3.05) is 49.3 Å². The topological polar surface area (TPSA) is 298 Å². The van der Waals surface area contributed by atoms with Crippen LogP contribution in [-0.4, -0.2) is 91.3 Å². The standard InChI is InChI=1S/C20H21FO4.C19H21FO5.C19H21FO4.C18H19FO5.C18H19FO4S.C18H19FO4/c1-12-9-17(21)19(10-13(12)2)24-11-16-15(14-7-8-14)5-4-6-18(16)25-20(22)23-3;1-5-23-16-7-6-8-17(25-19(21)22-4)14(16)11-24-18-10-13(3)12(2)9-15(18)20;1-5-14-7-6-8-17(24-19(21)22-4)15(14)11-23-18-10-13(3)12(2)9-16(18)20;1-11-7-15(19)17(8-12(11)2)23-10-14-13(9-20)5-4-6-16(14)24-18(21)22-3;1-11-7-15(19)17(8-12(11)2)22-9-14-13(10-24)5-4-6-16(14)23-18(20)21-3;1-11-6-5-7-16(23-18(20)21-4)14(11)10-22-17-9-13(3)12(2)8-15(17)19/h4-6,9-10,14H,7-8,11H2,1-3H3;6-10H,5,11H2,1-4H3;6-10H,5,11H2,1-4H3;4-8,20H,9-10H2,1-3H3;4-8,24H,9-10H2,1-3H3;5-9H,10H2,1-4H3. The van der Waals surface area contributed by atoms with Gasteiger partial charge in [-0.25, -0.2) is 55.1 Å². The summed E-state index contributed by atoms with van der Waals surface area (Å²) in [6, 6.07) is 49.7. The summed E-state index contributed by atoms with van der Waals surface area (Å²) in [6.07, 6.45) is -2.06. The third-order valence-corrected chi connectivity index (χ3v) is 23.4. The number of ether oxygens (including phenoxy) is 19. The molecule has 0 aromatic heterocycles. The first kappa shape index (κ1) is 115. The molecule has 1 N–H and O–H groups in total. The van der Waals surface area contributed by atoms with Gasteiger partial charge >= 0.3 is 36.9 Å². The van der Waals surface area contributed by atoms with E-state index >= 15 is 0 Å². The van der Waals surface area contributed by atoms with Crippen molar-refractivity contribution in [1.82, 2.24) is 0 Å². The minimum absolute atomic E-state index is 0.0259. The summed E-state index contributed by atoms with van der Waals surface area (Å²) in [7, 11) is 7.37. The first-order valence-corrected chi connectivity index (χ1v) is 46.3. The van der Waals surface area contributed by atoms with Crippen molar-refractivity contribution in [2.45, 2.75) is 181 Å². The van der Waals surface area contributed by atoms with E-state index in [1.807, 2.05) is 134 Å². The highest BCUT2D eigenvalue weighted by atomic mass is 32.1. The van der Waals surface area contributed by atoms with Gasteiger partial charge < -0.3 is 95.1 Å². The van der Waals surface area contributed by atoms with Gasteiger partial charge in [0.15, 0.2) is 69.4 Å². The van der Waals surface area contributed by atoms with Gasteiger partial charge in [-0.2, -0.15) is 12.6 Å². The molecule has 0 heterocycles. The highest BCUT2D eigenvalue weighted by Gasteiger charge is 2.30. The number of carbonyl (C=O) groups is 6. The van der Waals surface area contributed by atoms with Crippen LogP contribution in [-0.2, 0) is 86.8 Å². The summed E-state index contributed by atoms with van der Waals surface area (Å²) in [5, 5.41) is 9.47. The maximum Gasteiger partial charge on any atom is 0.513 e. The van der Waals surface area contributed by atoms with Crippen LogP contribution < -0.4 is 61.6 Å². The maximum absolute atomic E-state index is 14.1. The van der Waals surface area contributed by atoms with E-state index in [-0.39, 0.29) is 92.2 Å². The predicted octanol–water partition coefficient (Wildman–Crippen LogP) is 27.1. The van der Waals surface area contributed by atoms with Gasteiger partial charge in [0.05, 0.1) is 61.4 Å². The zero-order valence-corrected chi connectivity index (χ0v) is 85.6. The largest absolute Gasteiger partial charge is 0.513 e. The number of halogens is 6. The second-order valence-corrected chi connectivity index (χ2v) is 33.3. The lowest BCUT2D eigenvalue weighted by molar-refractivity contribution is 0.119. The highest BCUT2D eigenvalue weighted by Crippen LogP contribution is 2.45. The number of aryl methyl sites for hydroxylation is 14. The normalized spacial score (nSPS) is 10.9. The van der Waals surface area contributed by atoms with E-state index < -0.39 is 71.8 Å². The number of methoxy groups -OCH3 is 6. The number of hydrogen-bond acceptors (Lipinski definition) is 27. The van der Waals surface area contributed by atoms with Crippen LogP contribution in [0.5, 0.6) is 74.7 Å². The number of benzene rings is 12. The zero-order chi connectivity index (χ0) is 106. The molecule has 33 heteroatoms. The zero-order valence-electron chi connectivity index (χ0n) is 84.8. The van der Waals surface area contributed by atoms with Gasteiger partial charge in [-0.05, 0) is 332 Å². The van der Waals surface area contributed by atoms with E-state index in [1.165, 1.54) is 79.1 Å². The molecule has 772 valence electrons. The Kier molecular flexibility index (Phi) is 44.9. The average Bonchev–Trinajstić information content (AvgIpc) is 1.66. The third-order valence-electron chi connectivity index (χ3n) is 23.0. The molecule has 0 aliphatic heterocycles. The first-order valence-electron chi connectivity index (χ1n) is 45.7. The van der Waals surface area contributed by atoms with Crippen LogP contribution in [0.2, 0.25) is 0 Å². The quantitative estimate of drug-likeness (QED) is 0.0139. The summed E-state index contributed by atoms with van der Waals surface area (Å²) in [5.41, 5.74) is 18.6. The van der Waals surface area contributed by atoms with Gasteiger partial charge in [0, 0.05) is 33.6 Å². The summed E-state index contributed by atoms with van der Waals surface area (Å²) >= 11 is 4.27. The van der Waals surface area contributed by atoms with Crippen LogP contribution in [0.4, 0.5) is 55.1 Å². The summed E-state index contributed by atoms with van der Waals surface area (Å²) in [4.78, 5) is 68.3. The Morgan fingerprint density at radius 3 is 0.786 bits per heavy atom. The number of aliphatic hydroxyl groups excluding tert-OH is 1. The third kappa shape index (κ3) is 34.0. The lowest BCUT2D eigenvalue weighted by atomic mass is 10.0.